The Morgan fingerprint density at radius 3 is 3.09 bits per heavy atom. The molecule has 1 aliphatic carbocycles. The van der Waals surface area contributed by atoms with E-state index in [1.54, 1.807) is 24.5 Å². The molecule has 0 aromatic carbocycles. The third-order valence-corrected chi connectivity index (χ3v) is 6.45. The number of rotatable bonds is 7. The van der Waals surface area contributed by atoms with Gasteiger partial charge in [0.25, 0.3) is 0 Å². The van der Waals surface area contributed by atoms with E-state index in [1.807, 2.05) is 17.8 Å². The number of anilines is 1. The highest BCUT2D eigenvalue weighted by molar-refractivity contribution is 7.16. The van der Waals surface area contributed by atoms with E-state index in [9.17, 15) is 14.9 Å². The smallest absolute Gasteiger partial charge is 0.407 e. The van der Waals surface area contributed by atoms with Gasteiger partial charge in [-0.05, 0) is 49.0 Å². The van der Waals surface area contributed by atoms with Gasteiger partial charge in [0.2, 0.25) is 5.91 Å². The summed E-state index contributed by atoms with van der Waals surface area (Å²) < 4.78 is 12.4. The van der Waals surface area contributed by atoms with Crippen molar-refractivity contribution >= 4 is 34.4 Å². The van der Waals surface area contributed by atoms with Gasteiger partial charge in [0, 0.05) is 24.2 Å². The molecule has 0 radical (unpaired) electrons. The second-order valence-electron chi connectivity index (χ2n) is 7.75. The summed E-state index contributed by atoms with van der Waals surface area (Å²) in [6, 6.07) is 5.71. The molecule has 1 aliphatic rings. The van der Waals surface area contributed by atoms with Crippen molar-refractivity contribution in [3.63, 3.8) is 0 Å². The van der Waals surface area contributed by atoms with Crippen LogP contribution in [0.25, 0.3) is 6.08 Å². The number of imidazole rings is 1. The summed E-state index contributed by atoms with van der Waals surface area (Å²) >= 11 is 1.41. The first-order chi connectivity index (χ1) is 16.0. The topological polar surface area (TPSA) is 122 Å². The van der Waals surface area contributed by atoms with E-state index in [0.29, 0.717) is 42.3 Å². The standard InChI is InChI=1S/C23H23N5O4S/c1-28-12-16(26-14-28)11-25-23(30)32-13-15-4-6-18-19(10-24)22(33-20(18)9-15)27-21(29)7-5-17-3-2-8-31-17/h2-3,5,7-8,12,14-15H,4,6,9,11,13H2,1H3,(H,25,30)(H,27,29). The number of hydrogen-bond acceptors (Lipinski definition) is 7. The maximum absolute atomic E-state index is 12.3. The number of hydrogen-bond donors (Lipinski definition) is 2. The zero-order chi connectivity index (χ0) is 23.2. The van der Waals surface area contributed by atoms with E-state index in [1.165, 1.54) is 23.7 Å². The Hall–Kier alpha value is -3.84. The molecule has 0 saturated heterocycles. The van der Waals surface area contributed by atoms with E-state index in [4.69, 9.17) is 9.15 Å². The summed E-state index contributed by atoms with van der Waals surface area (Å²) in [5.41, 5.74) is 2.25. The lowest BCUT2D eigenvalue weighted by Crippen LogP contribution is -2.27. The summed E-state index contributed by atoms with van der Waals surface area (Å²) in [7, 11) is 1.86. The third kappa shape index (κ3) is 5.70. The maximum atomic E-state index is 12.3. The Morgan fingerprint density at radius 2 is 2.36 bits per heavy atom. The average Bonchev–Trinajstić information content (AvgIpc) is 3.54. The molecule has 1 unspecified atom stereocenters. The van der Waals surface area contributed by atoms with Crippen molar-refractivity contribution in [2.45, 2.75) is 25.8 Å². The molecule has 0 spiro atoms. The number of amides is 2. The lowest BCUT2D eigenvalue weighted by molar-refractivity contribution is -0.111. The van der Waals surface area contributed by atoms with Crippen molar-refractivity contribution in [2.75, 3.05) is 11.9 Å². The van der Waals surface area contributed by atoms with Crippen molar-refractivity contribution in [3.05, 3.63) is 64.5 Å². The fourth-order valence-electron chi connectivity index (χ4n) is 3.67. The fraction of sp³-hybridized carbons (Fsp3) is 0.304. The minimum atomic E-state index is -0.480. The highest BCUT2D eigenvalue weighted by Crippen LogP contribution is 2.39. The van der Waals surface area contributed by atoms with Crippen LogP contribution in [0.1, 0.15) is 33.9 Å². The number of thiophene rings is 1. The van der Waals surface area contributed by atoms with Crippen molar-refractivity contribution in [1.29, 1.82) is 5.26 Å². The van der Waals surface area contributed by atoms with Gasteiger partial charge >= 0.3 is 6.09 Å². The number of ether oxygens (including phenoxy) is 1. The van der Waals surface area contributed by atoms with Gasteiger partial charge in [-0.3, -0.25) is 4.79 Å². The van der Waals surface area contributed by atoms with Crippen LogP contribution >= 0.6 is 11.3 Å². The Morgan fingerprint density at radius 1 is 1.48 bits per heavy atom. The number of nitrogens with zero attached hydrogens (tertiary/aromatic N) is 3. The van der Waals surface area contributed by atoms with Gasteiger partial charge in [-0.15, -0.1) is 11.3 Å². The van der Waals surface area contributed by atoms with Crippen LogP contribution in [-0.2, 0) is 36.0 Å². The molecule has 0 saturated carbocycles. The number of furan rings is 1. The summed E-state index contributed by atoms with van der Waals surface area (Å²) in [6.07, 6.45) is 9.70. The highest BCUT2D eigenvalue weighted by Gasteiger charge is 2.27. The monoisotopic (exact) mass is 465 g/mol. The zero-order valence-corrected chi connectivity index (χ0v) is 18.9. The SMILES string of the molecule is Cn1cnc(CNC(=O)OCC2CCc3c(sc(NC(=O)C=Cc4ccco4)c3C#N)C2)c1. The molecule has 0 aliphatic heterocycles. The number of alkyl carbamates (subject to hydrolysis) is 1. The van der Waals surface area contributed by atoms with Crippen LogP contribution in [0.15, 0.2) is 41.4 Å². The highest BCUT2D eigenvalue weighted by atomic mass is 32.1. The molecule has 3 aromatic heterocycles. The van der Waals surface area contributed by atoms with E-state index < -0.39 is 6.09 Å². The average molecular weight is 466 g/mol. The lowest BCUT2D eigenvalue weighted by atomic mass is 9.88. The first kappa shape index (κ1) is 22.4. The molecule has 2 amide bonds. The van der Waals surface area contributed by atoms with Gasteiger partial charge in [-0.1, -0.05) is 0 Å². The molecular weight excluding hydrogens is 442 g/mol. The van der Waals surface area contributed by atoms with Gasteiger partial charge in [0.15, 0.2) is 0 Å². The molecule has 0 fully saturated rings. The Kier molecular flexibility index (Phi) is 6.90. The number of fused-ring (bicyclic) bond motifs is 1. The summed E-state index contributed by atoms with van der Waals surface area (Å²) in [5, 5.41) is 15.7. The minimum Gasteiger partial charge on any atom is -0.465 e. The van der Waals surface area contributed by atoms with Crippen LogP contribution < -0.4 is 10.6 Å². The molecule has 0 bridgehead atoms. The van der Waals surface area contributed by atoms with Crippen LogP contribution in [0.3, 0.4) is 0 Å². The Balaban J connectivity index is 1.31. The lowest BCUT2D eigenvalue weighted by Gasteiger charge is -2.21. The molecule has 9 nitrogen and oxygen atoms in total. The Labute approximate surface area is 194 Å². The van der Waals surface area contributed by atoms with Gasteiger partial charge in [0.05, 0.1) is 37.0 Å². The molecule has 170 valence electrons. The Bertz CT molecular complexity index is 1200. The number of carbonyl (C=O) groups excluding carboxylic acids is 2. The number of nitriles is 1. The molecule has 10 heteroatoms. The summed E-state index contributed by atoms with van der Waals surface area (Å²) in [5.74, 6) is 0.402. The second kappa shape index (κ2) is 10.2. The maximum Gasteiger partial charge on any atom is 0.407 e. The molecule has 4 rings (SSSR count). The predicted octanol–water partition coefficient (Wildman–Crippen LogP) is 3.63. The van der Waals surface area contributed by atoms with Crippen LogP contribution in [0.4, 0.5) is 9.80 Å². The van der Waals surface area contributed by atoms with Crippen LogP contribution in [-0.4, -0.2) is 28.2 Å². The van der Waals surface area contributed by atoms with Gasteiger partial charge in [0.1, 0.15) is 16.8 Å². The predicted molar refractivity (Wildman–Crippen MR) is 122 cm³/mol. The zero-order valence-electron chi connectivity index (χ0n) is 18.0. The molecular formula is C23H23N5O4S. The molecule has 33 heavy (non-hydrogen) atoms. The molecule has 3 heterocycles. The van der Waals surface area contributed by atoms with Crippen molar-refractivity contribution in [2.24, 2.45) is 13.0 Å². The normalized spacial score (nSPS) is 15.1. The van der Waals surface area contributed by atoms with Crippen LogP contribution in [0.5, 0.6) is 0 Å². The van der Waals surface area contributed by atoms with Crippen molar-refractivity contribution in [1.82, 2.24) is 14.9 Å². The summed E-state index contributed by atoms with van der Waals surface area (Å²) in [6.45, 7) is 0.600. The summed E-state index contributed by atoms with van der Waals surface area (Å²) in [4.78, 5) is 29.5. The van der Waals surface area contributed by atoms with Gasteiger partial charge < -0.3 is 24.4 Å². The first-order valence-electron chi connectivity index (χ1n) is 10.5. The number of aromatic nitrogens is 2. The number of aryl methyl sites for hydroxylation is 1. The molecule has 1 atom stereocenters. The van der Waals surface area contributed by atoms with E-state index >= 15 is 0 Å². The van der Waals surface area contributed by atoms with E-state index in [2.05, 4.69) is 21.7 Å². The van der Waals surface area contributed by atoms with E-state index in [-0.39, 0.29) is 11.8 Å². The van der Waals surface area contributed by atoms with Gasteiger partial charge in [-0.25, -0.2) is 9.78 Å². The largest absolute Gasteiger partial charge is 0.465 e. The van der Waals surface area contributed by atoms with Gasteiger partial charge in [-0.2, -0.15) is 5.26 Å². The minimum absolute atomic E-state index is 0.158. The quantitative estimate of drug-likeness (QED) is 0.514. The van der Waals surface area contributed by atoms with Crippen LogP contribution in [0, 0.1) is 17.2 Å². The van der Waals surface area contributed by atoms with Crippen molar-refractivity contribution < 1.29 is 18.7 Å². The number of nitrogens with one attached hydrogen (secondary N) is 2. The van der Waals surface area contributed by atoms with E-state index in [0.717, 1.165) is 22.6 Å². The van der Waals surface area contributed by atoms with Crippen LogP contribution in [0.2, 0.25) is 0 Å². The first-order valence-corrected chi connectivity index (χ1v) is 11.3. The number of carbonyl (C=O) groups is 2. The third-order valence-electron chi connectivity index (χ3n) is 5.28. The fourth-order valence-corrected chi connectivity index (χ4v) is 4.98. The molecule has 2 N–H and O–H groups in total. The molecule has 3 aromatic rings. The second-order valence-corrected chi connectivity index (χ2v) is 8.85. The van der Waals surface area contributed by atoms with Crippen molar-refractivity contribution in [3.8, 4) is 6.07 Å².